The molecule has 2 amide bonds. The van der Waals surface area contributed by atoms with Crippen molar-refractivity contribution in [3.63, 3.8) is 0 Å². The lowest BCUT2D eigenvalue weighted by Gasteiger charge is -2.20. The Balaban J connectivity index is 2.79. The molecule has 0 bridgehead atoms. The summed E-state index contributed by atoms with van der Waals surface area (Å²) in [6, 6.07) is 7.62. The van der Waals surface area contributed by atoms with E-state index in [1.165, 1.54) is 5.56 Å². The van der Waals surface area contributed by atoms with Crippen LogP contribution in [0, 0.1) is 0 Å². The molecule has 16 heavy (non-hydrogen) atoms. The molecule has 1 aromatic rings. The first-order valence-corrected chi connectivity index (χ1v) is 5.85. The molecule has 0 saturated heterocycles. The van der Waals surface area contributed by atoms with Crippen LogP contribution in [0.5, 0.6) is 0 Å². The summed E-state index contributed by atoms with van der Waals surface area (Å²) >= 11 is 0. The quantitative estimate of drug-likeness (QED) is 0.814. The van der Waals surface area contributed by atoms with Crippen LogP contribution >= 0.6 is 0 Å². The van der Waals surface area contributed by atoms with Crippen LogP contribution in [0.2, 0.25) is 0 Å². The molecular formula is C13H20N2O. The molecule has 0 heterocycles. The minimum atomic E-state index is -0.377. The van der Waals surface area contributed by atoms with E-state index in [4.69, 9.17) is 5.73 Å². The van der Waals surface area contributed by atoms with Crippen molar-refractivity contribution in [3.05, 3.63) is 29.8 Å². The lowest BCUT2D eigenvalue weighted by Crippen LogP contribution is -2.36. The third kappa shape index (κ3) is 3.26. The maximum atomic E-state index is 11.3. The Hall–Kier alpha value is -1.51. The van der Waals surface area contributed by atoms with E-state index < -0.39 is 0 Å². The molecule has 0 fully saturated rings. The fourth-order valence-corrected chi connectivity index (χ4v) is 1.59. The van der Waals surface area contributed by atoms with E-state index in [1.807, 2.05) is 24.3 Å². The lowest BCUT2D eigenvalue weighted by atomic mass is 10.1. The summed E-state index contributed by atoms with van der Waals surface area (Å²) in [5.74, 6) is 0. The molecule has 0 atom stereocenters. The van der Waals surface area contributed by atoms with E-state index in [0.717, 1.165) is 24.9 Å². The van der Waals surface area contributed by atoms with Crippen LogP contribution in [0.15, 0.2) is 24.3 Å². The number of primary amides is 1. The first kappa shape index (κ1) is 12.6. The van der Waals surface area contributed by atoms with E-state index in [1.54, 1.807) is 4.90 Å². The fourth-order valence-electron chi connectivity index (χ4n) is 1.59. The van der Waals surface area contributed by atoms with Crippen molar-refractivity contribution < 1.29 is 4.79 Å². The zero-order chi connectivity index (χ0) is 12.0. The van der Waals surface area contributed by atoms with Crippen molar-refractivity contribution in [2.45, 2.75) is 33.1 Å². The smallest absolute Gasteiger partial charge is 0.319 e. The van der Waals surface area contributed by atoms with Crippen LogP contribution in [0.3, 0.4) is 0 Å². The van der Waals surface area contributed by atoms with Gasteiger partial charge in [0.25, 0.3) is 0 Å². The molecule has 0 aromatic heterocycles. The maximum Gasteiger partial charge on any atom is 0.319 e. The molecule has 1 rings (SSSR count). The van der Waals surface area contributed by atoms with Crippen LogP contribution in [0.1, 0.15) is 32.3 Å². The highest BCUT2D eigenvalue weighted by Crippen LogP contribution is 2.16. The van der Waals surface area contributed by atoms with Gasteiger partial charge >= 0.3 is 6.03 Å². The molecule has 2 N–H and O–H groups in total. The highest BCUT2D eigenvalue weighted by Gasteiger charge is 2.10. The molecule has 3 nitrogen and oxygen atoms in total. The van der Waals surface area contributed by atoms with Crippen molar-refractivity contribution in [2.75, 3.05) is 11.4 Å². The number of anilines is 1. The normalized spacial score (nSPS) is 10.1. The number of hydrogen-bond donors (Lipinski definition) is 1. The Bertz CT molecular complexity index is 332. The van der Waals surface area contributed by atoms with Gasteiger partial charge in [0.2, 0.25) is 0 Å². The molecular weight excluding hydrogens is 200 g/mol. The number of amides is 2. The van der Waals surface area contributed by atoms with Gasteiger partial charge in [-0.1, -0.05) is 32.4 Å². The SMILES string of the molecule is CCCCN(C(N)=O)c1ccc(CC)cc1. The van der Waals surface area contributed by atoms with Crippen LogP contribution < -0.4 is 10.6 Å². The van der Waals surface area contributed by atoms with Crippen LogP contribution in [-0.4, -0.2) is 12.6 Å². The molecule has 3 heteroatoms. The third-order valence-corrected chi connectivity index (χ3v) is 2.66. The van der Waals surface area contributed by atoms with Crippen molar-refractivity contribution in [3.8, 4) is 0 Å². The summed E-state index contributed by atoms with van der Waals surface area (Å²) in [7, 11) is 0. The summed E-state index contributed by atoms with van der Waals surface area (Å²) in [5, 5.41) is 0. The summed E-state index contributed by atoms with van der Waals surface area (Å²) in [6.07, 6.45) is 3.03. The number of aryl methyl sites for hydroxylation is 1. The number of benzene rings is 1. The number of urea groups is 1. The first-order chi connectivity index (χ1) is 7.69. The average molecular weight is 220 g/mol. The monoisotopic (exact) mass is 220 g/mol. The van der Waals surface area contributed by atoms with Gasteiger partial charge in [0.15, 0.2) is 0 Å². The number of carbonyl (C=O) groups excluding carboxylic acids is 1. The van der Waals surface area contributed by atoms with Crippen molar-refractivity contribution >= 4 is 11.7 Å². The summed E-state index contributed by atoms with van der Waals surface area (Å²) in [6.45, 7) is 4.90. The number of rotatable bonds is 5. The second-order valence-electron chi connectivity index (χ2n) is 3.86. The van der Waals surface area contributed by atoms with Gasteiger partial charge in [-0.3, -0.25) is 4.90 Å². The second kappa shape index (κ2) is 6.16. The zero-order valence-corrected chi connectivity index (χ0v) is 10.1. The standard InChI is InChI=1S/C13H20N2O/c1-3-5-10-15(13(14)16)12-8-6-11(4-2)7-9-12/h6-9H,3-5,10H2,1-2H3,(H2,14,16). The maximum absolute atomic E-state index is 11.3. The number of nitrogens with zero attached hydrogens (tertiary/aromatic N) is 1. The molecule has 0 unspecified atom stereocenters. The van der Waals surface area contributed by atoms with Crippen LogP contribution in [0.4, 0.5) is 10.5 Å². The molecule has 0 aliphatic carbocycles. The Morgan fingerprint density at radius 1 is 1.25 bits per heavy atom. The lowest BCUT2D eigenvalue weighted by molar-refractivity contribution is 0.254. The van der Waals surface area contributed by atoms with Gasteiger partial charge < -0.3 is 5.73 Å². The van der Waals surface area contributed by atoms with E-state index in [2.05, 4.69) is 13.8 Å². The summed E-state index contributed by atoms with van der Waals surface area (Å²) < 4.78 is 0. The molecule has 0 radical (unpaired) electrons. The topological polar surface area (TPSA) is 46.3 Å². The predicted molar refractivity (Wildman–Crippen MR) is 67.7 cm³/mol. The summed E-state index contributed by atoms with van der Waals surface area (Å²) in [4.78, 5) is 12.9. The number of hydrogen-bond acceptors (Lipinski definition) is 1. The van der Waals surface area contributed by atoms with Crippen molar-refractivity contribution in [1.29, 1.82) is 0 Å². The van der Waals surface area contributed by atoms with Gasteiger partial charge in [-0.05, 0) is 30.5 Å². The number of carbonyl (C=O) groups is 1. The molecule has 88 valence electrons. The molecule has 0 aliphatic rings. The Morgan fingerprint density at radius 3 is 2.31 bits per heavy atom. The van der Waals surface area contributed by atoms with Crippen LogP contribution in [0.25, 0.3) is 0 Å². The molecule has 0 aliphatic heterocycles. The fraction of sp³-hybridized carbons (Fsp3) is 0.462. The van der Waals surface area contributed by atoms with Gasteiger partial charge in [0.05, 0.1) is 0 Å². The highest BCUT2D eigenvalue weighted by atomic mass is 16.2. The predicted octanol–water partition coefficient (Wildman–Crippen LogP) is 2.93. The zero-order valence-electron chi connectivity index (χ0n) is 10.1. The van der Waals surface area contributed by atoms with Crippen molar-refractivity contribution in [1.82, 2.24) is 0 Å². The van der Waals surface area contributed by atoms with Gasteiger partial charge in [0.1, 0.15) is 0 Å². The first-order valence-electron chi connectivity index (χ1n) is 5.85. The van der Waals surface area contributed by atoms with E-state index >= 15 is 0 Å². The van der Waals surface area contributed by atoms with E-state index in [0.29, 0.717) is 6.54 Å². The highest BCUT2D eigenvalue weighted by molar-refractivity contribution is 5.90. The number of unbranched alkanes of at least 4 members (excludes halogenated alkanes) is 1. The Kier molecular flexibility index (Phi) is 4.83. The Labute approximate surface area is 97.2 Å². The number of nitrogens with two attached hydrogens (primary N) is 1. The average Bonchev–Trinajstić information content (AvgIpc) is 2.30. The third-order valence-electron chi connectivity index (χ3n) is 2.66. The van der Waals surface area contributed by atoms with E-state index in [-0.39, 0.29) is 6.03 Å². The van der Waals surface area contributed by atoms with Gasteiger partial charge in [0, 0.05) is 12.2 Å². The van der Waals surface area contributed by atoms with Crippen LogP contribution in [-0.2, 0) is 6.42 Å². The Morgan fingerprint density at radius 2 is 1.88 bits per heavy atom. The van der Waals surface area contributed by atoms with E-state index in [9.17, 15) is 4.79 Å². The minimum Gasteiger partial charge on any atom is -0.351 e. The minimum absolute atomic E-state index is 0.377. The molecule has 0 spiro atoms. The van der Waals surface area contributed by atoms with Crippen molar-refractivity contribution in [2.24, 2.45) is 5.73 Å². The molecule has 1 aromatic carbocycles. The van der Waals surface area contributed by atoms with Gasteiger partial charge in [-0.15, -0.1) is 0 Å². The second-order valence-corrected chi connectivity index (χ2v) is 3.86. The largest absolute Gasteiger partial charge is 0.351 e. The molecule has 0 saturated carbocycles. The summed E-state index contributed by atoms with van der Waals surface area (Å²) in [5.41, 5.74) is 7.52. The van der Waals surface area contributed by atoms with Gasteiger partial charge in [-0.2, -0.15) is 0 Å². The van der Waals surface area contributed by atoms with Gasteiger partial charge in [-0.25, -0.2) is 4.79 Å².